The van der Waals surface area contributed by atoms with Gasteiger partial charge in [-0.2, -0.15) is 0 Å². The van der Waals surface area contributed by atoms with Gasteiger partial charge in [-0.15, -0.1) is 0 Å². The highest BCUT2D eigenvalue weighted by atomic mass is 32.1. The Morgan fingerprint density at radius 2 is 1.88 bits per heavy atom. The Morgan fingerprint density at radius 1 is 1.25 bits per heavy atom. The molecule has 1 aromatic rings. The first-order valence-corrected chi connectivity index (χ1v) is 8.55. The van der Waals surface area contributed by atoms with E-state index >= 15 is 0 Å². The zero-order valence-electron chi connectivity index (χ0n) is 14.3. The molecular weight excluding hydrogens is 326 g/mol. The van der Waals surface area contributed by atoms with Crippen LogP contribution in [-0.2, 0) is 0 Å². The molecule has 0 aromatic heterocycles. The van der Waals surface area contributed by atoms with Crippen LogP contribution in [0.2, 0.25) is 0 Å². The monoisotopic (exact) mass is 351 g/mol. The summed E-state index contributed by atoms with van der Waals surface area (Å²) in [5, 5.41) is 14.8. The third kappa shape index (κ3) is 5.31. The molecular formula is C16H25N5O2S. The van der Waals surface area contributed by atoms with Crippen molar-refractivity contribution in [2.75, 3.05) is 58.3 Å². The molecule has 1 saturated heterocycles. The van der Waals surface area contributed by atoms with E-state index in [1.165, 1.54) is 0 Å². The van der Waals surface area contributed by atoms with Gasteiger partial charge in [-0.3, -0.25) is 10.1 Å². The number of hydrogen-bond acceptors (Lipinski definition) is 5. The van der Waals surface area contributed by atoms with Crippen LogP contribution in [0.1, 0.15) is 6.42 Å². The number of nitrogens with zero attached hydrogens (tertiary/aromatic N) is 4. The van der Waals surface area contributed by atoms with Crippen LogP contribution < -0.4 is 10.2 Å². The highest BCUT2D eigenvalue weighted by Gasteiger charge is 2.19. The molecule has 1 fully saturated rings. The maximum Gasteiger partial charge on any atom is 0.269 e. The lowest BCUT2D eigenvalue weighted by molar-refractivity contribution is -0.384. The van der Waals surface area contributed by atoms with Crippen LogP contribution in [0.15, 0.2) is 24.3 Å². The molecule has 0 saturated carbocycles. The minimum atomic E-state index is -0.373. The van der Waals surface area contributed by atoms with Gasteiger partial charge < -0.3 is 20.0 Å². The fourth-order valence-electron chi connectivity index (χ4n) is 2.66. The van der Waals surface area contributed by atoms with Crippen LogP contribution in [0, 0.1) is 10.1 Å². The van der Waals surface area contributed by atoms with Gasteiger partial charge in [0.1, 0.15) is 0 Å². The van der Waals surface area contributed by atoms with Gasteiger partial charge in [0.05, 0.1) is 4.92 Å². The predicted molar refractivity (Wildman–Crippen MR) is 101 cm³/mol. The van der Waals surface area contributed by atoms with E-state index < -0.39 is 0 Å². The molecule has 0 aliphatic carbocycles. The molecule has 2 rings (SSSR count). The minimum Gasteiger partial charge on any atom is -0.368 e. The van der Waals surface area contributed by atoms with Crippen molar-refractivity contribution in [2.24, 2.45) is 0 Å². The second-order valence-corrected chi connectivity index (χ2v) is 6.52. The standard InChI is InChI=1S/C16H25N5O2S/c1-18(2)9-3-8-17-16(24)20-12-10-19(11-13-20)14-4-6-15(7-5-14)21(22)23/h4-7H,3,8-13H2,1-2H3,(H,17,24). The zero-order chi connectivity index (χ0) is 17.5. The van der Waals surface area contributed by atoms with Crippen LogP contribution >= 0.6 is 12.2 Å². The summed E-state index contributed by atoms with van der Waals surface area (Å²) < 4.78 is 0. The Balaban J connectivity index is 1.76. The first-order chi connectivity index (χ1) is 11.5. The van der Waals surface area contributed by atoms with Gasteiger partial charge in [-0.1, -0.05) is 0 Å². The number of rotatable bonds is 6. The summed E-state index contributed by atoms with van der Waals surface area (Å²) in [4.78, 5) is 16.9. The average Bonchev–Trinajstić information content (AvgIpc) is 2.58. The lowest BCUT2D eigenvalue weighted by Gasteiger charge is -2.37. The number of nitro benzene ring substituents is 1. The number of benzene rings is 1. The Kier molecular flexibility index (Phi) is 6.74. The van der Waals surface area contributed by atoms with E-state index in [9.17, 15) is 10.1 Å². The number of nitro groups is 1. The highest BCUT2D eigenvalue weighted by Crippen LogP contribution is 2.20. The molecule has 24 heavy (non-hydrogen) atoms. The maximum atomic E-state index is 10.7. The molecule has 1 N–H and O–H groups in total. The molecule has 1 aliphatic rings. The first kappa shape index (κ1) is 18.4. The quantitative estimate of drug-likeness (QED) is 0.361. The zero-order valence-corrected chi connectivity index (χ0v) is 15.1. The Hall–Kier alpha value is -1.93. The number of thiocarbonyl (C=S) groups is 1. The van der Waals surface area contributed by atoms with E-state index in [0.717, 1.165) is 56.5 Å². The first-order valence-electron chi connectivity index (χ1n) is 8.14. The van der Waals surface area contributed by atoms with Crippen molar-refractivity contribution in [3.63, 3.8) is 0 Å². The fraction of sp³-hybridized carbons (Fsp3) is 0.562. The van der Waals surface area contributed by atoms with Crippen LogP contribution in [0.25, 0.3) is 0 Å². The van der Waals surface area contributed by atoms with E-state index in [0.29, 0.717) is 0 Å². The van der Waals surface area contributed by atoms with Gasteiger partial charge in [0.15, 0.2) is 5.11 Å². The Morgan fingerprint density at radius 3 is 2.42 bits per heavy atom. The Labute approximate surface area is 148 Å². The van der Waals surface area contributed by atoms with Crippen molar-refractivity contribution < 1.29 is 4.92 Å². The normalized spacial score (nSPS) is 14.8. The summed E-state index contributed by atoms with van der Waals surface area (Å²) in [5.41, 5.74) is 1.14. The van der Waals surface area contributed by atoms with Crippen LogP contribution in [0.4, 0.5) is 11.4 Å². The molecule has 7 nitrogen and oxygen atoms in total. The Bertz CT molecular complexity index is 556. The summed E-state index contributed by atoms with van der Waals surface area (Å²) in [5.74, 6) is 0. The number of anilines is 1. The smallest absolute Gasteiger partial charge is 0.269 e. The fourth-order valence-corrected chi connectivity index (χ4v) is 2.94. The van der Waals surface area contributed by atoms with Gasteiger partial charge in [0.25, 0.3) is 5.69 Å². The topological polar surface area (TPSA) is 64.9 Å². The molecule has 0 unspecified atom stereocenters. The van der Waals surface area contributed by atoms with Crippen LogP contribution in [0.3, 0.4) is 0 Å². The van der Waals surface area contributed by atoms with E-state index in [-0.39, 0.29) is 10.6 Å². The second-order valence-electron chi connectivity index (χ2n) is 6.14. The summed E-state index contributed by atoms with van der Waals surface area (Å²) >= 11 is 5.46. The summed E-state index contributed by atoms with van der Waals surface area (Å²) in [6.45, 7) is 5.37. The molecule has 0 atom stereocenters. The molecule has 8 heteroatoms. The van der Waals surface area contributed by atoms with Gasteiger partial charge in [-0.25, -0.2) is 0 Å². The van der Waals surface area contributed by atoms with E-state index in [2.05, 4.69) is 34.1 Å². The molecule has 0 radical (unpaired) electrons. The highest BCUT2D eigenvalue weighted by molar-refractivity contribution is 7.80. The van der Waals surface area contributed by atoms with E-state index in [4.69, 9.17) is 12.2 Å². The van der Waals surface area contributed by atoms with Crippen molar-refractivity contribution in [1.29, 1.82) is 0 Å². The number of non-ortho nitro benzene ring substituents is 1. The molecule has 1 aromatic carbocycles. The SMILES string of the molecule is CN(C)CCCNC(=S)N1CCN(c2ccc([N+](=O)[O-])cc2)CC1. The molecule has 0 bridgehead atoms. The maximum absolute atomic E-state index is 10.7. The third-order valence-corrected chi connectivity index (χ3v) is 4.45. The van der Waals surface area contributed by atoms with Crippen molar-refractivity contribution in [2.45, 2.75) is 6.42 Å². The minimum absolute atomic E-state index is 0.125. The van der Waals surface area contributed by atoms with Gasteiger partial charge >= 0.3 is 0 Å². The van der Waals surface area contributed by atoms with Crippen LogP contribution in [0.5, 0.6) is 0 Å². The van der Waals surface area contributed by atoms with Crippen molar-refractivity contribution >= 4 is 28.7 Å². The number of nitrogens with one attached hydrogen (secondary N) is 1. The van der Waals surface area contributed by atoms with E-state index in [1.807, 2.05) is 12.1 Å². The van der Waals surface area contributed by atoms with E-state index in [1.54, 1.807) is 12.1 Å². The van der Waals surface area contributed by atoms with Gasteiger partial charge in [0.2, 0.25) is 0 Å². The lowest BCUT2D eigenvalue weighted by Crippen LogP contribution is -2.52. The largest absolute Gasteiger partial charge is 0.368 e. The van der Waals surface area contributed by atoms with Crippen molar-refractivity contribution in [3.8, 4) is 0 Å². The predicted octanol–water partition coefficient (Wildman–Crippen LogP) is 1.54. The van der Waals surface area contributed by atoms with Crippen LogP contribution in [-0.4, -0.2) is 73.2 Å². The average molecular weight is 351 g/mol. The summed E-state index contributed by atoms with van der Waals surface area (Å²) in [6, 6.07) is 6.73. The summed E-state index contributed by atoms with van der Waals surface area (Å²) in [7, 11) is 4.13. The van der Waals surface area contributed by atoms with Crippen molar-refractivity contribution in [3.05, 3.63) is 34.4 Å². The number of piperazine rings is 1. The van der Waals surface area contributed by atoms with Crippen molar-refractivity contribution in [1.82, 2.24) is 15.1 Å². The third-order valence-electron chi connectivity index (χ3n) is 4.05. The van der Waals surface area contributed by atoms with Gasteiger partial charge in [-0.05, 0) is 51.4 Å². The molecule has 0 amide bonds. The lowest BCUT2D eigenvalue weighted by atomic mass is 10.2. The molecule has 1 heterocycles. The number of hydrogen-bond donors (Lipinski definition) is 1. The molecule has 0 spiro atoms. The molecule has 132 valence electrons. The molecule has 1 aliphatic heterocycles. The summed E-state index contributed by atoms with van der Waals surface area (Å²) in [6.07, 6.45) is 1.07. The second kappa shape index (κ2) is 8.79. The van der Waals surface area contributed by atoms with Gasteiger partial charge in [0, 0.05) is 50.5 Å².